The van der Waals surface area contributed by atoms with Crippen LogP contribution in [0.25, 0.3) is 0 Å². The van der Waals surface area contributed by atoms with E-state index in [4.69, 9.17) is 25.8 Å². The molecule has 0 bridgehead atoms. The van der Waals surface area contributed by atoms with Crippen LogP contribution in [-0.4, -0.2) is 31.3 Å². The lowest BCUT2D eigenvalue weighted by Gasteiger charge is -2.08. The molecule has 3 aromatic rings. The number of hydrogen-bond acceptors (Lipinski definition) is 6. The number of ether oxygens (including phenoxy) is 3. The number of nitrogens with zero attached hydrogens (tertiary/aromatic N) is 1. The lowest BCUT2D eigenvalue weighted by Crippen LogP contribution is -2.24. The summed E-state index contributed by atoms with van der Waals surface area (Å²) in [5.74, 6) is 0.622. The molecular weight excluding hydrogens is 432 g/mol. The van der Waals surface area contributed by atoms with E-state index in [-0.39, 0.29) is 13.2 Å². The van der Waals surface area contributed by atoms with Gasteiger partial charge in [0, 0.05) is 5.02 Å². The molecule has 164 valence electrons. The molecule has 0 aliphatic heterocycles. The first-order valence-corrected chi connectivity index (χ1v) is 10.1. The van der Waals surface area contributed by atoms with Crippen LogP contribution in [0.3, 0.4) is 0 Å². The molecular formula is C24H21ClN2O5. The third-order valence-electron chi connectivity index (χ3n) is 4.11. The molecule has 0 saturated heterocycles. The topological polar surface area (TPSA) is 86.2 Å². The zero-order chi connectivity index (χ0) is 22.8. The van der Waals surface area contributed by atoms with Gasteiger partial charge in [-0.1, -0.05) is 29.8 Å². The first-order valence-electron chi connectivity index (χ1n) is 9.69. The Morgan fingerprint density at radius 2 is 1.69 bits per heavy atom. The van der Waals surface area contributed by atoms with E-state index in [1.165, 1.54) is 6.21 Å². The minimum Gasteiger partial charge on any atom is -0.483 e. The Kier molecular flexibility index (Phi) is 8.22. The fourth-order valence-electron chi connectivity index (χ4n) is 2.57. The molecule has 0 radical (unpaired) electrons. The highest BCUT2D eigenvalue weighted by molar-refractivity contribution is 6.30. The summed E-state index contributed by atoms with van der Waals surface area (Å²) in [6, 6.07) is 20.8. The number of benzene rings is 3. The summed E-state index contributed by atoms with van der Waals surface area (Å²) >= 11 is 5.89. The number of aryl methyl sites for hydroxylation is 1. The van der Waals surface area contributed by atoms with Gasteiger partial charge in [0.15, 0.2) is 13.2 Å². The minimum atomic E-state index is -0.515. The molecule has 0 atom stereocenters. The van der Waals surface area contributed by atoms with Gasteiger partial charge in [0.25, 0.3) is 5.91 Å². The van der Waals surface area contributed by atoms with Crippen LogP contribution in [0.5, 0.6) is 17.2 Å². The van der Waals surface area contributed by atoms with Crippen LogP contribution in [0.15, 0.2) is 77.9 Å². The third-order valence-corrected chi connectivity index (χ3v) is 4.35. The van der Waals surface area contributed by atoms with Gasteiger partial charge < -0.3 is 14.2 Å². The van der Waals surface area contributed by atoms with E-state index in [9.17, 15) is 9.59 Å². The van der Waals surface area contributed by atoms with Gasteiger partial charge in [0.2, 0.25) is 0 Å². The third kappa shape index (κ3) is 7.45. The molecule has 3 aromatic carbocycles. The quantitative estimate of drug-likeness (QED) is 0.228. The van der Waals surface area contributed by atoms with Gasteiger partial charge in [0.05, 0.1) is 6.21 Å². The molecule has 0 fully saturated rings. The van der Waals surface area contributed by atoms with Crippen LogP contribution in [0, 0.1) is 6.92 Å². The van der Waals surface area contributed by atoms with Crippen molar-refractivity contribution in [3.8, 4) is 17.2 Å². The van der Waals surface area contributed by atoms with Crippen molar-refractivity contribution < 1.29 is 23.8 Å². The highest BCUT2D eigenvalue weighted by Crippen LogP contribution is 2.21. The van der Waals surface area contributed by atoms with E-state index in [0.717, 1.165) is 5.56 Å². The summed E-state index contributed by atoms with van der Waals surface area (Å²) in [6.45, 7) is 1.46. The molecule has 1 N–H and O–H groups in total. The van der Waals surface area contributed by atoms with Crippen LogP contribution in [-0.2, 0) is 9.59 Å². The second kappa shape index (κ2) is 11.5. The van der Waals surface area contributed by atoms with Crippen molar-refractivity contribution in [3.05, 3.63) is 88.9 Å². The fraction of sp³-hybridized carbons (Fsp3) is 0.125. The Bertz CT molecular complexity index is 1090. The largest absolute Gasteiger partial charge is 0.483 e. The van der Waals surface area contributed by atoms with Crippen LogP contribution >= 0.6 is 11.6 Å². The zero-order valence-electron chi connectivity index (χ0n) is 17.3. The minimum absolute atomic E-state index is 0.181. The van der Waals surface area contributed by atoms with Crippen molar-refractivity contribution in [3.63, 3.8) is 0 Å². The molecule has 1 amide bonds. The van der Waals surface area contributed by atoms with Gasteiger partial charge in [-0.25, -0.2) is 10.2 Å². The first-order chi connectivity index (χ1) is 15.5. The second-order valence-corrected chi connectivity index (χ2v) is 7.07. The maximum Gasteiger partial charge on any atom is 0.349 e. The van der Waals surface area contributed by atoms with E-state index >= 15 is 0 Å². The summed E-state index contributed by atoms with van der Waals surface area (Å²) in [5, 5.41) is 4.49. The maximum atomic E-state index is 11.9. The van der Waals surface area contributed by atoms with Gasteiger partial charge in [-0.15, -0.1) is 0 Å². The maximum absolute atomic E-state index is 11.9. The van der Waals surface area contributed by atoms with Crippen molar-refractivity contribution >= 4 is 29.7 Å². The predicted molar refractivity (Wildman–Crippen MR) is 121 cm³/mol. The molecule has 0 heterocycles. The Morgan fingerprint density at radius 3 is 2.41 bits per heavy atom. The van der Waals surface area contributed by atoms with E-state index in [1.807, 2.05) is 25.1 Å². The summed E-state index contributed by atoms with van der Waals surface area (Å²) in [6.07, 6.45) is 1.47. The summed E-state index contributed by atoms with van der Waals surface area (Å²) in [7, 11) is 0. The molecule has 0 aromatic heterocycles. The normalized spacial score (nSPS) is 10.6. The van der Waals surface area contributed by atoms with Crippen LogP contribution in [0.2, 0.25) is 5.02 Å². The molecule has 0 aliphatic rings. The van der Waals surface area contributed by atoms with Gasteiger partial charge in [0.1, 0.15) is 17.2 Å². The van der Waals surface area contributed by atoms with Gasteiger partial charge in [-0.3, -0.25) is 4.79 Å². The summed E-state index contributed by atoms with van der Waals surface area (Å²) < 4.78 is 16.0. The van der Waals surface area contributed by atoms with Crippen molar-refractivity contribution in [2.75, 3.05) is 13.2 Å². The van der Waals surface area contributed by atoms with Crippen molar-refractivity contribution in [2.24, 2.45) is 5.10 Å². The number of carbonyl (C=O) groups excluding carboxylic acids is 2. The van der Waals surface area contributed by atoms with E-state index in [1.54, 1.807) is 54.6 Å². The molecule has 8 heteroatoms. The highest BCUT2D eigenvalue weighted by Gasteiger charge is 2.07. The Hall–Kier alpha value is -3.84. The molecule has 0 saturated carbocycles. The summed E-state index contributed by atoms with van der Waals surface area (Å²) in [4.78, 5) is 23.8. The molecule has 0 unspecified atom stereocenters. The van der Waals surface area contributed by atoms with Crippen molar-refractivity contribution in [1.82, 2.24) is 5.43 Å². The Morgan fingerprint density at radius 1 is 0.938 bits per heavy atom. The number of hydrogen-bond donors (Lipinski definition) is 1. The molecule has 3 rings (SSSR count). The molecule has 32 heavy (non-hydrogen) atoms. The Labute approximate surface area is 190 Å². The van der Waals surface area contributed by atoms with Crippen molar-refractivity contribution in [1.29, 1.82) is 0 Å². The number of amides is 1. The van der Waals surface area contributed by atoms with E-state index in [2.05, 4.69) is 10.5 Å². The number of rotatable bonds is 9. The van der Waals surface area contributed by atoms with Gasteiger partial charge in [-0.2, -0.15) is 5.10 Å². The SMILES string of the molecule is Cc1cc(Cl)ccc1OCC(=O)NN=Cc1ccc(OC(=O)COc2ccccc2)cc1. The first kappa shape index (κ1) is 22.8. The standard InChI is InChI=1S/C24H21ClN2O5/c1-17-13-19(25)9-12-22(17)31-15-23(28)27-26-14-18-7-10-21(11-8-18)32-24(29)16-30-20-5-3-2-4-6-20/h2-14H,15-16H2,1H3,(H,27,28). The van der Waals surface area contributed by atoms with Crippen LogP contribution in [0.4, 0.5) is 0 Å². The molecule has 0 aliphatic carbocycles. The monoisotopic (exact) mass is 452 g/mol. The molecule has 0 spiro atoms. The number of para-hydroxylation sites is 1. The number of hydrazone groups is 1. The highest BCUT2D eigenvalue weighted by atomic mass is 35.5. The van der Waals surface area contributed by atoms with Crippen LogP contribution < -0.4 is 19.6 Å². The number of nitrogens with one attached hydrogen (secondary N) is 1. The zero-order valence-corrected chi connectivity index (χ0v) is 18.0. The van der Waals surface area contributed by atoms with Crippen molar-refractivity contribution in [2.45, 2.75) is 6.92 Å². The number of esters is 1. The van der Waals surface area contributed by atoms with Gasteiger partial charge >= 0.3 is 5.97 Å². The average Bonchev–Trinajstić information content (AvgIpc) is 2.79. The Balaban J connectivity index is 1.40. The predicted octanol–water partition coefficient (Wildman–Crippen LogP) is 4.16. The number of halogens is 1. The van der Waals surface area contributed by atoms with E-state index < -0.39 is 11.9 Å². The average molecular weight is 453 g/mol. The summed E-state index contributed by atoms with van der Waals surface area (Å²) in [5.41, 5.74) is 3.93. The number of carbonyl (C=O) groups is 2. The van der Waals surface area contributed by atoms with Crippen LogP contribution in [0.1, 0.15) is 11.1 Å². The second-order valence-electron chi connectivity index (χ2n) is 6.64. The lowest BCUT2D eigenvalue weighted by molar-refractivity contribution is -0.136. The molecule has 7 nitrogen and oxygen atoms in total. The fourth-order valence-corrected chi connectivity index (χ4v) is 2.80. The lowest BCUT2D eigenvalue weighted by atomic mass is 10.2. The smallest absolute Gasteiger partial charge is 0.349 e. The van der Waals surface area contributed by atoms with Gasteiger partial charge in [-0.05, 0) is 72.6 Å². The van der Waals surface area contributed by atoms with E-state index in [0.29, 0.717) is 27.8 Å².